The van der Waals surface area contributed by atoms with Crippen LogP contribution in [0, 0.1) is 13.8 Å². The molecule has 1 N–H and O–H groups in total. The van der Waals surface area contributed by atoms with E-state index in [1.165, 1.54) is 4.88 Å². The Morgan fingerprint density at radius 3 is 2.76 bits per heavy atom. The third kappa shape index (κ3) is 5.46. The fourth-order valence-electron chi connectivity index (χ4n) is 2.67. The number of thiophene rings is 1. The van der Waals surface area contributed by atoms with Crippen LogP contribution in [0.15, 0.2) is 23.6 Å². The Morgan fingerprint density at radius 2 is 2.08 bits per heavy atom. The normalized spacial score (nSPS) is 10.7. The first-order valence-corrected chi connectivity index (χ1v) is 9.53. The van der Waals surface area contributed by atoms with Crippen molar-refractivity contribution >= 4 is 23.2 Å². The summed E-state index contributed by atoms with van der Waals surface area (Å²) in [6.07, 6.45) is 3.13. The molecule has 136 valence electrons. The zero-order valence-corrected chi connectivity index (χ0v) is 15.9. The highest BCUT2D eigenvalue weighted by Gasteiger charge is 2.18. The van der Waals surface area contributed by atoms with Crippen LogP contribution in [-0.2, 0) is 16.1 Å². The maximum atomic E-state index is 12.3. The summed E-state index contributed by atoms with van der Waals surface area (Å²) >= 11 is 1.69. The summed E-state index contributed by atoms with van der Waals surface area (Å²) in [7, 11) is 0. The Hall–Kier alpha value is -2.08. The van der Waals surface area contributed by atoms with Gasteiger partial charge in [0.25, 0.3) is 5.91 Å². The van der Waals surface area contributed by atoms with Crippen molar-refractivity contribution in [1.29, 1.82) is 0 Å². The van der Waals surface area contributed by atoms with E-state index in [2.05, 4.69) is 22.9 Å². The molecule has 0 fully saturated rings. The molecule has 2 aromatic rings. The highest BCUT2D eigenvalue weighted by Crippen LogP contribution is 2.20. The van der Waals surface area contributed by atoms with E-state index >= 15 is 0 Å². The molecule has 1 amide bonds. The van der Waals surface area contributed by atoms with Crippen LogP contribution in [-0.4, -0.2) is 29.6 Å². The molecule has 0 saturated carbocycles. The topological polar surface area (TPSA) is 60.3 Å². The van der Waals surface area contributed by atoms with Gasteiger partial charge in [-0.2, -0.15) is 0 Å². The van der Waals surface area contributed by atoms with Crippen LogP contribution in [0.4, 0.5) is 0 Å². The monoisotopic (exact) mass is 362 g/mol. The van der Waals surface area contributed by atoms with Crippen LogP contribution in [0.2, 0.25) is 0 Å². The minimum absolute atomic E-state index is 0.237. The van der Waals surface area contributed by atoms with Crippen molar-refractivity contribution in [3.8, 4) is 0 Å². The second-order valence-electron chi connectivity index (χ2n) is 6.08. The standard InChI is InChI=1S/C19H26N2O3S/c1-4-5-6-9-20-18(22)13-24-19(23)17-11-14(2)21(15(17)3)12-16-8-7-10-25-16/h7-8,10-11H,4-6,9,12-13H2,1-3H3,(H,20,22). The Kier molecular flexibility index (Phi) is 7.25. The van der Waals surface area contributed by atoms with Crippen LogP contribution in [0.25, 0.3) is 0 Å². The van der Waals surface area contributed by atoms with Gasteiger partial charge in [-0.1, -0.05) is 25.8 Å². The minimum Gasteiger partial charge on any atom is -0.452 e. The number of aromatic nitrogens is 1. The molecular formula is C19H26N2O3S. The molecule has 0 aliphatic carbocycles. The van der Waals surface area contributed by atoms with E-state index in [0.29, 0.717) is 12.1 Å². The predicted molar refractivity (Wildman–Crippen MR) is 100 cm³/mol. The van der Waals surface area contributed by atoms with E-state index in [0.717, 1.165) is 37.2 Å². The largest absolute Gasteiger partial charge is 0.452 e. The van der Waals surface area contributed by atoms with E-state index in [4.69, 9.17) is 4.74 Å². The van der Waals surface area contributed by atoms with E-state index in [9.17, 15) is 9.59 Å². The molecule has 5 nitrogen and oxygen atoms in total. The Labute approximate surface area is 153 Å². The summed E-state index contributed by atoms with van der Waals surface area (Å²) in [5.74, 6) is -0.703. The number of unbranched alkanes of at least 4 members (excludes halogenated alkanes) is 2. The summed E-state index contributed by atoms with van der Waals surface area (Å²) in [5.41, 5.74) is 2.38. The van der Waals surface area contributed by atoms with E-state index in [-0.39, 0.29) is 12.5 Å². The van der Waals surface area contributed by atoms with Crippen molar-refractivity contribution in [2.45, 2.75) is 46.6 Å². The highest BCUT2D eigenvalue weighted by molar-refractivity contribution is 7.09. The summed E-state index contributed by atoms with van der Waals surface area (Å²) in [4.78, 5) is 25.2. The van der Waals surface area contributed by atoms with Gasteiger partial charge in [0.15, 0.2) is 6.61 Å². The van der Waals surface area contributed by atoms with Gasteiger partial charge in [0.05, 0.1) is 12.1 Å². The SMILES string of the molecule is CCCCCNC(=O)COC(=O)c1cc(C)n(Cc2cccs2)c1C. The van der Waals surface area contributed by atoms with Crippen molar-refractivity contribution in [3.05, 3.63) is 45.4 Å². The molecule has 2 aromatic heterocycles. The van der Waals surface area contributed by atoms with Crippen LogP contribution < -0.4 is 5.32 Å². The molecule has 0 bridgehead atoms. The Bertz CT molecular complexity index is 705. The molecule has 0 aliphatic rings. The zero-order chi connectivity index (χ0) is 18.2. The van der Waals surface area contributed by atoms with Gasteiger partial charge in [-0.3, -0.25) is 4.79 Å². The van der Waals surface area contributed by atoms with Crippen LogP contribution in [0.3, 0.4) is 0 Å². The number of amides is 1. The maximum Gasteiger partial charge on any atom is 0.340 e. The number of nitrogens with one attached hydrogen (secondary N) is 1. The average Bonchev–Trinajstić information content (AvgIpc) is 3.20. The first-order valence-electron chi connectivity index (χ1n) is 8.65. The number of nitrogens with zero attached hydrogens (tertiary/aromatic N) is 1. The lowest BCUT2D eigenvalue weighted by Crippen LogP contribution is -2.29. The lowest BCUT2D eigenvalue weighted by atomic mass is 10.2. The molecule has 0 radical (unpaired) electrons. The van der Waals surface area contributed by atoms with Crippen molar-refractivity contribution in [3.63, 3.8) is 0 Å². The Balaban J connectivity index is 1.90. The van der Waals surface area contributed by atoms with Gasteiger partial charge in [0.2, 0.25) is 0 Å². The van der Waals surface area contributed by atoms with Crippen LogP contribution in [0.5, 0.6) is 0 Å². The summed E-state index contributed by atoms with van der Waals surface area (Å²) < 4.78 is 7.26. The summed E-state index contributed by atoms with van der Waals surface area (Å²) in [6, 6.07) is 5.91. The van der Waals surface area contributed by atoms with Crippen molar-refractivity contribution in [2.24, 2.45) is 0 Å². The van der Waals surface area contributed by atoms with Crippen molar-refractivity contribution in [2.75, 3.05) is 13.2 Å². The van der Waals surface area contributed by atoms with E-state index in [1.54, 1.807) is 11.3 Å². The van der Waals surface area contributed by atoms with Gasteiger partial charge >= 0.3 is 5.97 Å². The second-order valence-corrected chi connectivity index (χ2v) is 7.12. The molecule has 0 aliphatic heterocycles. The number of hydrogen-bond acceptors (Lipinski definition) is 4. The molecule has 0 unspecified atom stereocenters. The second kappa shape index (κ2) is 9.42. The van der Waals surface area contributed by atoms with Gasteiger partial charge in [0, 0.05) is 22.8 Å². The smallest absolute Gasteiger partial charge is 0.340 e. The van der Waals surface area contributed by atoms with Gasteiger partial charge < -0.3 is 14.6 Å². The fraction of sp³-hybridized carbons (Fsp3) is 0.474. The first-order chi connectivity index (χ1) is 12.0. The van der Waals surface area contributed by atoms with Crippen LogP contribution >= 0.6 is 11.3 Å². The fourth-order valence-corrected chi connectivity index (χ4v) is 3.36. The minimum atomic E-state index is -0.450. The third-order valence-corrected chi connectivity index (χ3v) is 4.99. The van der Waals surface area contributed by atoms with Crippen molar-refractivity contribution in [1.82, 2.24) is 9.88 Å². The van der Waals surface area contributed by atoms with Crippen LogP contribution in [0.1, 0.15) is 52.8 Å². The number of rotatable bonds is 9. The lowest BCUT2D eigenvalue weighted by Gasteiger charge is -2.09. The molecule has 2 heterocycles. The van der Waals surface area contributed by atoms with E-state index < -0.39 is 5.97 Å². The summed E-state index contributed by atoms with van der Waals surface area (Å²) in [6.45, 7) is 7.11. The van der Waals surface area contributed by atoms with Gasteiger partial charge in [0.1, 0.15) is 0 Å². The molecule has 25 heavy (non-hydrogen) atoms. The lowest BCUT2D eigenvalue weighted by molar-refractivity contribution is -0.124. The molecule has 0 spiro atoms. The van der Waals surface area contributed by atoms with Crippen molar-refractivity contribution < 1.29 is 14.3 Å². The highest BCUT2D eigenvalue weighted by atomic mass is 32.1. The number of carbonyl (C=O) groups excluding carboxylic acids is 2. The average molecular weight is 362 g/mol. The molecule has 0 aromatic carbocycles. The number of hydrogen-bond donors (Lipinski definition) is 1. The molecule has 0 atom stereocenters. The molecule has 0 saturated heterocycles. The number of aryl methyl sites for hydroxylation is 1. The maximum absolute atomic E-state index is 12.3. The summed E-state index contributed by atoms with van der Waals surface area (Å²) in [5, 5.41) is 4.80. The predicted octanol–water partition coefficient (Wildman–Crippen LogP) is 3.68. The first kappa shape index (κ1) is 19.2. The quantitative estimate of drug-likeness (QED) is 0.547. The molecular weight excluding hydrogens is 336 g/mol. The van der Waals surface area contributed by atoms with Gasteiger partial charge in [-0.15, -0.1) is 11.3 Å². The third-order valence-electron chi connectivity index (χ3n) is 4.12. The molecule has 2 rings (SSSR count). The van der Waals surface area contributed by atoms with E-state index in [1.807, 2.05) is 31.4 Å². The van der Waals surface area contributed by atoms with Gasteiger partial charge in [-0.05, 0) is 37.8 Å². The zero-order valence-electron chi connectivity index (χ0n) is 15.1. The molecule has 6 heteroatoms. The number of carbonyl (C=O) groups is 2. The number of esters is 1. The Morgan fingerprint density at radius 1 is 1.28 bits per heavy atom. The number of ether oxygens (including phenoxy) is 1. The van der Waals surface area contributed by atoms with Gasteiger partial charge in [-0.25, -0.2) is 4.79 Å².